The Hall–Kier alpha value is -1.61. The van der Waals surface area contributed by atoms with Crippen molar-refractivity contribution < 1.29 is 8.42 Å². The summed E-state index contributed by atoms with van der Waals surface area (Å²) < 4.78 is 24.3. The van der Waals surface area contributed by atoms with Crippen LogP contribution < -0.4 is 5.73 Å². The van der Waals surface area contributed by atoms with E-state index < -0.39 is 9.84 Å². The normalized spacial score (nSPS) is 17.4. The Morgan fingerprint density at radius 2 is 2.24 bits per heavy atom. The molecule has 1 fully saturated rings. The Bertz CT molecular complexity index is 571. The van der Waals surface area contributed by atoms with Gasteiger partial charge in [-0.1, -0.05) is 0 Å². The molecule has 0 aliphatic heterocycles. The SMILES string of the molecule is N#CCC1(CS(=O)(=O)c2ncccc2N)CC1. The van der Waals surface area contributed by atoms with E-state index in [0.717, 1.165) is 12.8 Å². The van der Waals surface area contributed by atoms with Crippen LogP contribution in [-0.2, 0) is 9.84 Å². The average Bonchev–Trinajstić information content (AvgIpc) is 2.97. The van der Waals surface area contributed by atoms with Crippen molar-refractivity contribution in [2.24, 2.45) is 5.41 Å². The Morgan fingerprint density at radius 1 is 1.53 bits per heavy atom. The molecule has 1 aromatic heterocycles. The van der Waals surface area contributed by atoms with Gasteiger partial charge < -0.3 is 5.73 Å². The molecule has 0 saturated heterocycles. The summed E-state index contributed by atoms with van der Waals surface area (Å²) in [5.74, 6) is -0.0330. The Labute approximate surface area is 100 Å². The molecular formula is C11H13N3O2S. The average molecular weight is 251 g/mol. The molecule has 0 atom stereocenters. The van der Waals surface area contributed by atoms with Crippen molar-refractivity contribution in [2.75, 3.05) is 11.5 Å². The maximum absolute atomic E-state index is 12.1. The molecule has 17 heavy (non-hydrogen) atoms. The van der Waals surface area contributed by atoms with Gasteiger partial charge in [-0.2, -0.15) is 5.26 Å². The van der Waals surface area contributed by atoms with Gasteiger partial charge in [-0.25, -0.2) is 13.4 Å². The Kier molecular flexibility index (Phi) is 2.79. The zero-order valence-corrected chi connectivity index (χ0v) is 10.1. The van der Waals surface area contributed by atoms with E-state index in [1.54, 1.807) is 6.07 Å². The summed E-state index contributed by atoms with van der Waals surface area (Å²) in [6.07, 6.45) is 3.26. The number of anilines is 1. The Balaban J connectivity index is 2.27. The van der Waals surface area contributed by atoms with Gasteiger partial charge in [0.1, 0.15) is 0 Å². The molecule has 2 N–H and O–H groups in total. The molecule has 5 nitrogen and oxygen atoms in total. The lowest BCUT2D eigenvalue weighted by molar-refractivity contribution is 0.546. The van der Waals surface area contributed by atoms with Crippen LogP contribution in [0.1, 0.15) is 19.3 Å². The third-order valence-corrected chi connectivity index (χ3v) is 4.93. The highest BCUT2D eigenvalue weighted by atomic mass is 32.2. The molecule has 1 saturated carbocycles. The number of nitrogens with two attached hydrogens (primary N) is 1. The minimum absolute atomic E-state index is 0.0330. The third kappa shape index (κ3) is 2.39. The van der Waals surface area contributed by atoms with E-state index in [0.29, 0.717) is 0 Å². The van der Waals surface area contributed by atoms with E-state index in [9.17, 15) is 8.42 Å². The molecule has 1 heterocycles. The van der Waals surface area contributed by atoms with Crippen molar-refractivity contribution >= 4 is 15.5 Å². The number of sulfone groups is 1. The highest BCUT2D eigenvalue weighted by Crippen LogP contribution is 2.50. The summed E-state index contributed by atoms with van der Waals surface area (Å²) in [6, 6.07) is 5.15. The molecule has 1 aliphatic rings. The quantitative estimate of drug-likeness (QED) is 0.865. The molecular weight excluding hydrogens is 238 g/mol. The number of hydrogen-bond acceptors (Lipinski definition) is 5. The second-order valence-corrected chi connectivity index (χ2v) is 6.40. The molecule has 0 bridgehead atoms. The van der Waals surface area contributed by atoms with Crippen LogP contribution >= 0.6 is 0 Å². The standard InChI is InChI=1S/C11H13N3O2S/c12-6-5-11(3-4-11)8-17(15,16)10-9(13)2-1-7-14-10/h1-2,7H,3-5,8,13H2. The minimum Gasteiger partial charge on any atom is -0.396 e. The van der Waals surface area contributed by atoms with Gasteiger partial charge in [0.15, 0.2) is 14.9 Å². The minimum atomic E-state index is -3.50. The summed E-state index contributed by atoms with van der Waals surface area (Å²) in [5, 5.41) is 8.61. The van der Waals surface area contributed by atoms with E-state index in [4.69, 9.17) is 11.0 Å². The van der Waals surface area contributed by atoms with Crippen molar-refractivity contribution in [3.05, 3.63) is 18.3 Å². The van der Waals surface area contributed by atoms with Gasteiger partial charge in [-0.15, -0.1) is 0 Å². The third-order valence-electron chi connectivity index (χ3n) is 3.00. The number of hydrogen-bond donors (Lipinski definition) is 1. The Morgan fingerprint density at radius 3 is 2.76 bits per heavy atom. The first-order valence-electron chi connectivity index (χ1n) is 5.29. The molecule has 0 radical (unpaired) electrons. The number of nitriles is 1. The first kappa shape index (κ1) is 11.9. The van der Waals surface area contributed by atoms with Gasteiger partial charge in [0.2, 0.25) is 0 Å². The molecule has 2 rings (SSSR count). The number of nitrogens with zero attached hydrogens (tertiary/aromatic N) is 2. The number of rotatable bonds is 4. The van der Waals surface area contributed by atoms with E-state index >= 15 is 0 Å². The lowest BCUT2D eigenvalue weighted by Gasteiger charge is -2.11. The van der Waals surface area contributed by atoms with Crippen molar-refractivity contribution in [3.8, 4) is 6.07 Å². The van der Waals surface area contributed by atoms with Crippen LogP contribution in [-0.4, -0.2) is 19.2 Å². The van der Waals surface area contributed by atoms with E-state index in [-0.39, 0.29) is 28.3 Å². The number of aromatic nitrogens is 1. The van der Waals surface area contributed by atoms with Gasteiger partial charge in [0, 0.05) is 12.6 Å². The van der Waals surface area contributed by atoms with Crippen molar-refractivity contribution in [3.63, 3.8) is 0 Å². The second kappa shape index (κ2) is 4.00. The predicted molar refractivity (Wildman–Crippen MR) is 62.6 cm³/mol. The first-order chi connectivity index (χ1) is 7.99. The summed E-state index contributed by atoms with van der Waals surface area (Å²) in [4.78, 5) is 3.83. The molecule has 0 unspecified atom stereocenters. The van der Waals surface area contributed by atoms with Crippen LogP contribution in [0.25, 0.3) is 0 Å². The fourth-order valence-electron chi connectivity index (χ4n) is 1.85. The summed E-state index contributed by atoms with van der Waals surface area (Å²) >= 11 is 0. The van der Waals surface area contributed by atoms with Crippen LogP contribution in [0.2, 0.25) is 0 Å². The van der Waals surface area contributed by atoms with Crippen molar-refractivity contribution in [1.82, 2.24) is 4.98 Å². The molecule has 1 aromatic rings. The molecule has 1 aliphatic carbocycles. The van der Waals surface area contributed by atoms with Crippen LogP contribution in [0.5, 0.6) is 0 Å². The van der Waals surface area contributed by atoms with Crippen LogP contribution in [0.4, 0.5) is 5.69 Å². The van der Waals surface area contributed by atoms with Gasteiger partial charge in [0.05, 0.1) is 17.5 Å². The summed E-state index contributed by atoms with van der Waals surface area (Å²) in [6.45, 7) is 0. The molecule has 90 valence electrons. The monoisotopic (exact) mass is 251 g/mol. The largest absolute Gasteiger partial charge is 0.396 e. The maximum atomic E-state index is 12.1. The summed E-state index contributed by atoms with van der Waals surface area (Å²) in [7, 11) is -3.50. The van der Waals surface area contributed by atoms with Crippen molar-refractivity contribution in [2.45, 2.75) is 24.3 Å². The second-order valence-electron chi connectivity index (χ2n) is 4.49. The lowest BCUT2D eigenvalue weighted by Crippen LogP contribution is -2.19. The first-order valence-corrected chi connectivity index (χ1v) is 6.95. The van der Waals surface area contributed by atoms with Gasteiger partial charge in [-0.05, 0) is 30.4 Å². The lowest BCUT2D eigenvalue weighted by atomic mass is 10.1. The van der Waals surface area contributed by atoms with E-state index in [1.165, 1.54) is 12.3 Å². The summed E-state index contributed by atoms with van der Waals surface area (Å²) in [5.41, 5.74) is 5.42. The van der Waals surface area contributed by atoms with Crippen LogP contribution in [0, 0.1) is 16.7 Å². The highest BCUT2D eigenvalue weighted by Gasteiger charge is 2.46. The fourth-order valence-corrected chi connectivity index (χ4v) is 3.83. The van der Waals surface area contributed by atoms with Crippen LogP contribution in [0.3, 0.4) is 0 Å². The fraction of sp³-hybridized carbons (Fsp3) is 0.455. The molecule has 0 aromatic carbocycles. The zero-order valence-electron chi connectivity index (χ0n) is 9.26. The number of pyridine rings is 1. The molecule has 0 spiro atoms. The van der Waals surface area contributed by atoms with Gasteiger partial charge >= 0.3 is 0 Å². The van der Waals surface area contributed by atoms with E-state index in [1.807, 2.05) is 6.07 Å². The van der Waals surface area contributed by atoms with Crippen LogP contribution in [0.15, 0.2) is 23.4 Å². The maximum Gasteiger partial charge on any atom is 0.198 e. The predicted octanol–water partition coefficient (Wildman–Crippen LogP) is 1.13. The highest BCUT2D eigenvalue weighted by molar-refractivity contribution is 7.91. The smallest absolute Gasteiger partial charge is 0.198 e. The van der Waals surface area contributed by atoms with Gasteiger partial charge in [-0.3, -0.25) is 0 Å². The van der Waals surface area contributed by atoms with Gasteiger partial charge in [0.25, 0.3) is 0 Å². The topological polar surface area (TPSA) is 96.8 Å². The zero-order chi connectivity index (χ0) is 12.5. The molecule has 6 heteroatoms. The molecule has 0 amide bonds. The van der Waals surface area contributed by atoms with Crippen molar-refractivity contribution in [1.29, 1.82) is 5.26 Å². The number of nitrogen functional groups attached to an aromatic ring is 1. The van der Waals surface area contributed by atoms with E-state index in [2.05, 4.69) is 4.98 Å².